The van der Waals surface area contributed by atoms with Gasteiger partial charge >= 0.3 is 0 Å². The number of hydrogen-bond donors (Lipinski definition) is 2. The number of nitrogens with one attached hydrogen (secondary N) is 1. The average molecular weight is 270 g/mol. The van der Waals surface area contributed by atoms with E-state index in [0.717, 1.165) is 17.5 Å². The Bertz CT molecular complexity index is 450. The maximum atomic E-state index is 11.4. The molecule has 1 amide bonds. The third-order valence-electron chi connectivity index (χ3n) is 3.22. The summed E-state index contributed by atoms with van der Waals surface area (Å²) in [4.78, 5) is 11.4. The molecule has 2 N–H and O–H groups in total. The van der Waals surface area contributed by atoms with Crippen molar-refractivity contribution in [2.24, 2.45) is 0 Å². The van der Waals surface area contributed by atoms with E-state index in [1.54, 1.807) is 7.11 Å². The summed E-state index contributed by atoms with van der Waals surface area (Å²) in [5.41, 5.74) is 2.03. The van der Waals surface area contributed by atoms with Crippen LogP contribution in [0.3, 0.4) is 0 Å². The zero-order chi connectivity index (χ0) is 13.1. The highest BCUT2D eigenvalue weighted by Gasteiger charge is 2.29. The first-order valence-electron chi connectivity index (χ1n) is 5.86. The van der Waals surface area contributed by atoms with E-state index in [4.69, 9.17) is 16.3 Å². The van der Waals surface area contributed by atoms with Crippen molar-refractivity contribution in [2.75, 3.05) is 13.0 Å². The predicted molar refractivity (Wildman–Crippen MR) is 68.9 cm³/mol. The fraction of sp³-hybridized carbons (Fsp3) is 0.462. The summed E-state index contributed by atoms with van der Waals surface area (Å²) >= 11 is 5.49. The van der Waals surface area contributed by atoms with Crippen molar-refractivity contribution in [1.29, 1.82) is 0 Å². The second-order valence-electron chi connectivity index (χ2n) is 4.35. The summed E-state index contributed by atoms with van der Waals surface area (Å²) in [6.07, 6.45) is 0.845. The molecule has 1 aliphatic rings. The molecule has 0 bridgehead atoms. The van der Waals surface area contributed by atoms with Crippen LogP contribution < -0.4 is 10.1 Å². The number of amides is 1. The van der Waals surface area contributed by atoms with E-state index in [2.05, 4.69) is 5.32 Å². The van der Waals surface area contributed by atoms with Crippen LogP contribution in [0.25, 0.3) is 0 Å². The lowest BCUT2D eigenvalue weighted by Crippen LogP contribution is -2.39. The third kappa shape index (κ3) is 2.60. The molecule has 0 heterocycles. The predicted octanol–water partition coefficient (Wildman–Crippen LogP) is 1.40. The first kappa shape index (κ1) is 13.2. The molecule has 2 atom stereocenters. The maximum Gasteiger partial charge on any atom is 0.235 e. The monoisotopic (exact) mass is 269 g/mol. The van der Waals surface area contributed by atoms with Crippen LogP contribution >= 0.6 is 11.6 Å². The highest BCUT2D eigenvalue weighted by atomic mass is 35.5. The highest BCUT2D eigenvalue weighted by molar-refractivity contribution is 6.27. The Morgan fingerprint density at radius 1 is 1.61 bits per heavy atom. The van der Waals surface area contributed by atoms with Crippen molar-refractivity contribution in [1.82, 2.24) is 5.32 Å². The van der Waals surface area contributed by atoms with Crippen molar-refractivity contribution in [3.63, 3.8) is 0 Å². The molecule has 1 aromatic carbocycles. The van der Waals surface area contributed by atoms with Gasteiger partial charge in [0.25, 0.3) is 0 Å². The van der Waals surface area contributed by atoms with Gasteiger partial charge in [-0.2, -0.15) is 0 Å². The number of rotatable bonds is 3. The van der Waals surface area contributed by atoms with E-state index in [1.807, 2.05) is 18.2 Å². The van der Waals surface area contributed by atoms with Gasteiger partial charge in [0.15, 0.2) is 0 Å². The van der Waals surface area contributed by atoms with Gasteiger partial charge in [-0.25, -0.2) is 0 Å². The lowest BCUT2D eigenvalue weighted by Gasteiger charge is -2.31. The second-order valence-corrected chi connectivity index (χ2v) is 4.62. The molecule has 1 aromatic rings. The van der Waals surface area contributed by atoms with Gasteiger partial charge in [-0.15, -0.1) is 11.6 Å². The Balaban J connectivity index is 2.32. The minimum atomic E-state index is -0.586. The Hall–Kier alpha value is -1.26. The Morgan fingerprint density at radius 2 is 2.39 bits per heavy atom. The number of methoxy groups -OCH3 is 1. The summed E-state index contributed by atoms with van der Waals surface area (Å²) in [6.45, 7) is 0. The molecule has 0 fully saturated rings. The van der Waals surface area contributed by atoms with E-state index in [9.17, 15) is 9.90 Å². The summed E-state index contributed by atoms with van der Waals surface area (Å²) in [7, 11) is 1.59. The lowest BCUT2D eigenvalue weighted by atomic mass is 9.85. The van der Waals surface area contributed by atoms with Gasteiger partial charge in [-0.05, 0) is 36.1 Å². The van der Waals surface area contributed by atoms with Crippen LogP contribution in [0.5, 0.6) is 5.75 Å². The fourth-order valence-electron chi connectivity index (χ4n) is 2.28. The van der Waals surface area contributed by atoms with Crippen LogP contribution in [0.4, 0.5) is 0 Å². The molecular weight excluding hydrogens is 254 g/mol. The molecule has 18 heavy (non-hydrogen) atoms. The molecule has 0 saturated heterocycles. The number of carbonyl (C=O) groups excluding carboxylic acids is 1. The lowest BCUT2D eigenvalue weighted by molar-refractivity contribution is -0.120. The van der Waals surface area contributed by atoms with E-state index in [1.165, 1.54) is 0 Å². The molecule has 1 aliphatic carbocycles. The summed E-state index contributed by atoms with van der Waals surface area (Å²) in [5.74, 6) is 0.326. The topological polar surface area (TPSA) is 58.6 Å². The largest absolute Gasteiger partial charge is 0.497 e. The minimum absolute atomic E-state index is 0.109. The number of alkyl halides is 1. The summed E-state index contributed by atoms with van der Waals surface area (Å²) < 4.78 is 5.17. The molecule has 98 valence electrons. The molecule has 0 aliphatic heterocycles. The number of halogens is 1. The molecule has 4 nitrogen and oxygen atoms in total. The summed E-state index contributed by atoms with van der Waals surface area (Å²) in [6, 6.07) is 5.31. The highest BCUT2D eigenvalue weighted by Crippen LogP contribution is 2.32. The molecular formula is C13H16ClNO3. The van der Waals surface area contributed by atoms with E-state index in [0.29, 0.717) is 12.2 Å². The van der Waals surface area contributed by atoms with Gasteiger partial charge in [0.2, 0.25) is 5.91 Å². The first-order chi connectivity index (χ1) is 8.65. The maximum absolute atomic E-state index is 11.4. The molecule has 0 radical (unpaired) electrons. The zero-order valence-corrected chi connectivity index (χ0v) is 10.9. The number of ether oxygens (including phenoxy) is 1. The normalized spacial score (nSPS) is 22.2. The number of carbonyl (C=O) groups is 1. The molecule has 2 rings (SSSR count). The van der Waals surface area contributed by atoms with Crippen molar-refractivity contribution < 1.29 is 14.6 Å². The van der Waals surface area contributed by atoms with Crippen LogP contribution in [0.2, 0.25) is 0 Å². The van der Waals surface area contributed by atoms with Gasteiger partial charge in [-0.1, -0.05) is 6.07 Å². The van der Waals surface area contributed by atoms with E-state index < -0.39 is 12.1 Å². The van der Waals surface area contributed by atoms with Crippen molar-refractivity contribution in [2.45, 2.75) is 25.0 Å². The van der Waals surface area contributed by atoms with Crippen molar-refractivity contribution in [3.8, 4) is 5.75 Å². The second kappa shape index (κ2) is 5.59. The quantitative estimate of drug-likeness (QED) is 0.816. The third-order valence-corrected chi connectivity index (χ3v) is 3.46. The number of fused-ring (bicyclic) bond motifs is 1. The SMILES string of the molecule is COc1ccc2c(c1)C(NC(=O)CCl)C(O)CC2. The number of aliphatic hydroxyl groups is 1. The van der Waals surface area contributed by atoms with Crippen molar-refractivity contribution in [3.05, 3.63) is 29.3 Å². The van der Waals surface area contributed by atoms with E-state index in [-0.39, 0.29) is 11.8 Å². The molecule has 5 heteroatoms. The minimum Gasteiger partial charge on any atom is -0.497 e. The molecule has 2 unspecified atom stereocenters. The number of aryl methyl sites for hydroxylation is 1. The smallest absolute Gasteiger partial charge is 0.235 e. The number of hydrogen-bond acceptors (Lipinski definition) is 3. The fourth-order valence-corrected chi connectivity index (χ4v) is 2.36. The van der Waals surface area contributed by atoms with Gasteiger partial charge < -0.3 is 15.2 Å². The molecule has 0 aromatic heterocycles. The van der Waals surface area contributed by atoms with Crippen LogP contribution in [-0.4, -0.2) is 30.1 Å². The van der Waals surface area contributed by atoms with Gasteiger partial charge in [0, 0.05) is 0 Å². The van der Waals surface area contributed by atoms with E-state index >= 15 is 0 Å². The van der Waals surface area contributed by atoms with Crippen LogP contribution in [0, 0.1) is 0 Å². The standard InChI is InChI=1S/C13H16ClNO3/c1-18-9-4-2-8-3-5-11(16)13(10(8)6-9)15-12(17)7-14/h2,4,6,11,13,16H,3,5,7H2,1H3,(H,15,17). The van der Waals surface area contributed by atoms with Gasteiger partial charge in [0.05, 0.1) is 19.3 Å². The van der Waals surface area contributed by atoms with Gasteiger partial charge in [-0.3, -0.25) is 4.79 Å². The van der Waals surface area contributed by atoms with Gasteiger partial charge in [0.1, 0.15) is 11.6 Å². The summed E-state index contributed by atoms with van der Waals surface area (Å²) in [5, 5.41) is 12.8. The average Bonchev–Trinajstić information content (AvgIpc) is 2.41. The number of benzene rings is 1. The van der Waals surface area contributed by atoms with Crippen LogP contribution in [-0.2, 0) is 11.2 Å². The molecule has 0 spiro atoms. The van der Waals surface area contributed by atoms with Crippen LogP contribution in [0.1, 0.15) is 23.6 Å². The Morgan fingerprint density at radius 3 is 3.06 bits per heavy atom. The zero-order valence-electron chi connectivity index (χ0n) is 10.1. The first-order valence-corrected chi connectivity index (χ1v) is 6.39. The number of aliphatic hydroxyl groups excluding tert-OH is 1. The van der Waals surface area contributed by atoms with Crippen molar-refractivity contribution >= 4 is 17.5 Å². The molecule has 0 saturated carbocycles. The van der Waals surface area contributed by atoms with Crippen LogP contribution in [0.15, 0.2) is 18.2 Å². The Labute approximate surface area is 111 Å². The Kier molecular flexibility index (Phi) is 4.09.